The number of hydrogen-bond acceptors (Lipinski definition) is 5. The predicted molar refractivity (Wildman–Crippen MR) is 153 cm³/mol. The number of rotatable bonds is 7. The van der Waals surface area contributed by atoms with Crippen molar-refractivity contribution < 1.29 is 15.3 Å². The Morgan fingerprint density at radius 2 is 1.76 bits per heavy atom. The van der Waals surface area contributed by atoms with Crippen molar-refractivity contribution in [3.05, 3.63) is 65.5 Å². The van der Waals surface area contributed by atoms with Gasteiger partial charge in [-0.15, -0.1) is 0 Å². The number of ether oxygens (including phenoxy) is 1. The lowest BCUT2D eigenvalue weighted by Crippen LogP contribution is -2.41. The molecule has 0 unspecified atom stereocenters. The number of carbonyl (C=O) groups excluding carboxylic acids is 1. The number of nitrogens with zero attached hydrogens (tertiary/aromatic N) is 3. The number of fused-ring (bicyclic) bond motifs is 1. The Hall–Kier alpha value is -2.52. The summed E-state index contributed by atoms with van der Waals surface area (Å²) < 4.78 is 19.5. The van der Waals surface area contributed by atoms with Crippen LogP contribution in [0.25, 0.3) is 22.2 Å². The summed E-state index contributed by atoms with van der Waals surface area (Å²) >= 11 is 0. The third-order valence-electron chi connectivity index (χ3n) is 7.41. The highest BCUT2D eigenvalue weighted by molar-refractivity contribution is 8.32. The van der Waals surface area contributed by atoms with Gasteiger partial charge in [0.2, 0.25) is 0 Å². The summed E-state index contributed by atoms with van der Waals surface area (Å²) in [6.45, 7) is 7.76. The van der Waals surface area contributed by atoms with Crippen molar-refractivity contribution in [1.82, 2.24) is 20.1 Å². The topological polar surface area (TPSA) is 57.7 Å². The van der Waals surface area contributed by atoms with E-state index in [0.717, 1.165) is 58.0 Å². The average molecular weight is 527 g/mol. The lowest BCUT2D eigenvalue weighted by molar-refractivity contribution is 0.0383. The van der Waals surface area contributed by atoms with Crippen LogP contribution in [0.15, 0.2) is 48.5 Å². The van der Waals surface area contributed by atoms with Crippen LogP contribution < -0.4 is 5.32 Å². The van der Waals surface area contributed by atoms with Crippen molar-refractivity contribution >= 4 is 26.8 Å². The standard InChI is InChI=1S/C29H37FN4O2S.H2/c1-37(2)17-13-34(14-18-37)21-22-3-5-23(6-4-22)28-20-26(25-19-24(30)7-8-27(25)32-28)29(35)31-9-10-33-11-15-36-16-12-33;/h3-8,19-20H,9-18,21H2,1-2H3,(H,31,35);1H. The minimum atomic E-state index is -0.408. The molecule has 0 atom stereocenters. The van der Waals surface area contributed by atoms with Crippen LogP contribution in [0.5, 0.6) is 0 Å². The van der Waals surface area contributed by atoms with E-state index in [1.807, 2.05) is 0 Å². The summed E-state index contributed by atoms with van der Waals surface area (Å²) in [5.74, 6) is 2.03. The van der Waals surface area contributed by atoms with E-state index in [-0.39, 0.29) is 13.2 Å². The highest BCUT2D eigenvalue weighted by Gasteiger charge is 2.21. The van der Waals surface area contributed by atoms with Crippen LogP contribution in [0.1, 0.15) is 17.3 Å². The molecule has 1 amide bonds. The Morgan fingerprint density at radius 1 is 1.03 bits per heavy atom. The molecule has 200 valence electrons. The van der Waals surface area contributed by atoms with Gasteiger partial charge < -0.3 is 10.1 Å². The zero-order valence-electron chi connectivity index (χ0n) is 21.8. The first-order valence-corrected chi connectivity index (χ1v) is 15.8. The van der Waals surface area contributed by atoms with Crippen molar-refractivity contribution in [2.45, 2.75) is 6.54 Å². The first-order chi connectivity index (χ1) is 17.9. The first-order valence-electron chi connectivity index (χ1n) is 13.1. The summed E-state index contributed by atoms with van der Waals surface area (Å²) in [4.78, 5) is 22.8. The maximum Gasteiger partial charge on any atom is 0.252 e. The van der Waals surface area contributed by atoms with Crippen LogP contribution in [-0.2, 0) is 11.3 Å². The molecule has 0 spiro atoms. The molecule has 3 heterocycles. The van der Waals surface area contributed by atoms with Crippen LogP contribution in [0.4, 0.5) is 4.39 Å². The summed E-state index contributed by atoms with van der Waals surface area (Å²) in [6.07, 6.45) is 4.87. The highest BCUT2D eigenvalue weighted by Crippen LogP contribution is 2.41. The van der Waals surface area contributed by atoms with E-state index in [2.05, 4.69) is 51.9 Å². The molecule has 1 aromatic heterocycles. The second-order valence-corrected chi connectivity index (χ2v) is 14.9. The van der Waals surface area contributed by atoms with E-state index >= 15 is 0 Å². The molecule has 2 aromatic carbocycles. The van der Waals surface area contributed by atoms with E-state index in [1.165, 1.54) is 29.2 Å². The monoisotopic (exact) mass is 526 g/mol. The Balaban J connectivity index is 0.00000336. The highest BCUT2D eigenvalue weighted by atomic mass is 32.3. The molecule has 0 radical (unpaired) electrons. The molecule has 1 N–H and O–H groups in total. The summed E-state index contributed by atoms with van der Waals surface area (Å²) in [7, 11) is -0.408. The molecule has 0 saturated carbocycles. The van der Waals surface area contributed by atoms with E-state index in [9.17, 15) is 9.18 Å². The van der Waals surface area contributed by atoms with Crippen LogP contribution in [0, 0.1) is 5.82 Å². The molecule has 5 rings (SSSR count). The number of carbonyl (C=O) groups is 1. The molecule has 0 aliphatic carbocycles. The Kier molecular flexibility index (Phi) is 8.09. The van der Waals surface area contributed by atoms with Gasteiger partial charge >= 0.3 is 0 Å². The maximum absolute atomic E-state index is 14.1. The van der Waals surface area contributed by atoms with Gasteiger partial charge in [-0.25, -0.2) is 19.4 Å². The van der Waals surface area contributed by atoms with Crippen molar-refractivity contribution in [2.75, 3.05) is 76.5 Å². The summed E-state index contributed by atoms with van der Waals surface area (Å²) in [5, 5.41) is 3.55. The third kappa shape index (κ3) is 6.68. The molecule has 37 heavy (non-hydrogen) atoms. The molecule has 2 saturated heterocycles. The molecule has 2 fully saturated rings. The number of halogens is 1. The SMILES string of the molecule is CS1(C)CCN(Cc2ccc(-c3cc(C(=O)NCCN4CCOCC4)c4cc(F)ccc4n3)cc2)CC1.[HH]. The van der Waals surface area contributed by atoms with Gasteiger partial charge in [0.15, 0.2) is 0 Å². The van der Waals surface area contributed by atoms with Gasteiger partial charge in [-0.05, 0) is 53.8 Å². The molecule has 0 bridgehead atoms. The zero-order valence-corrected chi connectivity index (χ0v) is 22.7. The largest absolute Gasteiger partial charge is 0.379 e. The number of pyridine rings is 1. The lowest BCUT2D eigenvalue weighted by atomic mass is 10.0. The van der Waals surface area contributed by atoms with E-state index in [0.29, 0.717) is 28.7 Å². The van der Waals surface area contributed by atoms with Crippen molar-refractivity contribution in [3.8, 4) is 11.3 Å². The van der Waals surface area contributed by atoms with Gasteiger partial charge in [-0.1, -0.05) is 24.3 Å². The summed E-state index contributed by atoms with van der Waals surface area (Å²) in [6, 6.07) is 14.7. The third-order valence-corrected chi connectivity index (χ3v) is 9.98. The average Bonchev–Trinajstić information content (AvgIpc) is 2.90. The van der Waals surface area contributed by atoms with Gasteiger partial charge in [-0.3, -0.25) is 14.6 Å². The second kappa shape index (κ2) is 11.5. The number of amides is 1. The fraction of sp³-hybridized carbons (Fsp3) is 0.448. The number of benzene rings is 2. The van der Waals surface area contributed by atoms with Gasteiger partial charge in [0.1, 0.15) is 5.82 Å². The maximum atomic E-state index is 14.1. The van der Waals surface area contributed by atoms with Crippen molar-refractivity contribution in [3.63, 3.8) is 0 Å². The fourth-order valence-electron chi connectivity index (χ4n) is 4.94. The number of nitrogens with one attached hydrogen (secondary N) is 1. The minimum Gasteiger partial charge on any atom is -0.379 e. The van der Waals surface area contributed by atoms with E-state index in [1.54, 1.807) is 12.1 Å². The Labute approximate surface area is 222 Å². The Bertz CT molecular complexity index is 1240. The number of hydrogen-bond donors (Lipinski definition) is 1. The van der Waals surface area contributed by atoms with Crippen LogP contribution in [0.2, 0.25) is 0 Å². The normalized spacial score (nSPS) is 19.5. The number of aromatic nitrogens is 1. The molecule has 6 nitrogen and oxygen atoms in total. The molecular formula is C29H39FN4O2S. The lowest BCUT2D eigenvalue weighted by Gasteiger charge is -2.41. The van der Waals surface area contributed by atoms with E-state index < -0.39 is 10.0 Å². The zero-order chi connectivity index (χ0) is 25.8. The van der Waals surface area contributed by atoms with Gasteiger partial charge in [0.25, 0.3) is 5.91 Å². The van der Waals surface area contributed by atoms with Gasteiger partial charge in [0, 0.05) is 58.2 Å². The minimum absolute atomic E-state index is 0. The van der Waals surface area contributed by atoms with Crippen LogP contribution in [-0.4, -0.2) is 97.2 Å². The van der Waals surface area contributed by atoms with Gasteiger partial charge in [0.05, 0.1) is 30.0 Å². The van der Waals surface area contributed by atoms with E-state index in [4.69, 9.17) is 9.72 Å². The van der Waals surface area contributed by atoms with Crippen molar-refractivity contribution in [2.24, 2.45) is 0 Å². The van der Waals surface area contributed by atoms with Crippen molar-refractivity contribution in [1.29, 1.82) is 0 Å². The molecule has 8 heteroatoms. The Morgan fingerprint density at radius 3 is 2.49 bits per heavy atom. The molecule has 2 aliphatic rings. The predicted octanol–water partition coefficient (Wildman–Crippen LogP) is 4.23. The fourth-order valence-corrected chi connectivity index (χ4v) is 6.65. The smallest absolute Gasteiger partial charge is 0.252 e. The van der Waals surface area contributed by atoms with Gasteiger partial charge in [-0.2, -0.15) is 0 Å². The van der Waals surface area contributed by atoms with Crippen LogP contribution >= 0.6 is 10.0 Å². The number of morpholine rings is 1. The first kappa shape index (κ1) is 26.1. The summed E-state index contributed by atoms with van der Waals surface area (Å²) in [5.41, 5.74) is 4.00. The molecular weight excluding hydrogens is 487 g/mol. The second-order valence-electron chi connectivity index (χ2n) is 10.6. The molecule has 3 aromatic rings. The van der Waals surface area contributed by atoms with Crippen LogP contribution in [0.3, 0.4) is 0 Å². The molecule has 2 aliphatic heterocycles. The quantitative estimate of drug-likeness (QED) is 0.500.